The van der Waals surface area contributed by atoms with Crippen LogP contribution in [0.2, 0.25) is 18.1 Å². The summed E-state index contributed by atoms with van der Waals surface area (Å²) in [4.78, 5) is 24.5. The van der Waals surface area contributed by atoms with Crippen molar-refractivity contribution in [1.82, 2.24) is 29.9 Å². The summed E-state index contributed by atoms with van der Waals surface area (Å²) in [6.45, 7) is 13.0. The Balaban J connectivity index is 1.66. The van der Waals surface area contributed by atoms with Crippen molar-refractivity contribution in [3.05, 3.63) is 53.6 Å². The summed E-state index contributed by atoms with van der Waals surface area (Å²) in [6, 6.07) is 7.92. The molecular weight excluding hydrogens is 528 g/mol. The van der Waals surface area contributed by atoms with Gasteiger partial charge in [0.25, 0.3) is 11.9 Å². The first-order valence-corrected chi connectivity index (χ1v) is 18.5. The van der Waals surface area contributed by atoms with Gasteiger partial charge in [0.1, 0.15) is 11.4 Å². The molecule has 0 aliphatic carbocycles. The fraction of sp³-hybridized carbons (Fsp3) is 0.594. The zero-order valence-corrected chi connectivity index (χ0v) is 26.9. The highest BCUT2D eigenvalue weighted by Gasteiger charge is 2.47. The molecule has 0 radical (unpaired) electrons. The molecule has 1 aliphatic rings. The first-order chi connectivity index (χ1) is 19.8. The predicted octanol–water partition coefficient (Wildman–Crippen LogP) is 6.49. The van der Waals surface area contributed by atoms with Crippen molar-refractivity contribution in [2.45, 2.75) is 110 Å². The highest BCUT2D eigenvalue weighted by molar-refractivity contribution is 6.93. The molecule has 1 aromatic carbocycles. The standard InChI is InChI=1S/C32H48N6O2Si/c1-7-10-17-32(18-11-8-2,19-12-9-3)41(5,6)29-23-25(14-15-28(29)40-4)30(39)37-22-16-27-26(24-37)35-36-38(27)31-33-20-13-21-34-31/h13-15,20-21,23H,7-12,16-19,22,24H2,1-6H3. The highest BCUT2D eigenvalue weighted by atomic mass is 28.3. The average Bonchev–Trinajstić information content (AvgIpc) is 3.44. The monoisotopic (exact) mass is 576 g/mol. The Kier molecular flexibility index (Phi) is 10.3. The third kappa shape index (κ3) is 6.40. The number of hydrogen-bond acceptors (Lipinski definition) is 6. The van der Waals surface area contributed by atoms with E-state index in [0.29, 0.717) is 25.5 Å². The van der Waals surface area contributed by atoms with Crippen molar-refractivity contribution in [2.75, 3.05) is 13.7 Å². The second-order valence-electron chi connectivity index (χ2n) is 12.1. The van der Waals surface area contributed by atoms with Crippen molar-refractivity contribution in [3.63, 3.8) is 0 Å². The number of carbonyl (C=O) groups is 1. The second-order valence-corrected chi connectivity index (χ2v) is 16.9. The van der Waals surface area contributed by atoms with Crippen LogP contribution in [0, 0.1) is 0 Å². The lowest BCUT2D eigenvalue weighted by Gasteiger charge is -2.47. The largest absolute Gasteiger partial charge is 0.497 e. The van der Waals surface area contributed by atoms with Gasteiger partial charge in [-0.2, -0.15) is 4.68 Å². The number of benzene rings is 1. The van der Waals surface area contributed by atoms with E-state index < -0.39 is 8.07 Å². The van der Waals surface area contributed by atoms with E-state index >= 15 is 0 Å². The number of methoxy groups -OCH3 is 1. The summed E-state index contributed by atoms with van der Waals surface area (Å²) in [7, 11) is -0.324. The Labute approximate surface area is 246 Å². The van der Waals surface area contributed by atoms with Gasteiger partial charge >= 0.3 is 0 Å². The molecule has 0 unspecified atom stereocenters. The van der Waals surface area contributed by atoms with E-state index in [9.17, 15) is 4.79 Å². The van der Waals surface area contributed by atoms with Gasteiger partial charge in [-0.1, -0.05) is 77.6 Å². The van der Waals surface area contributed by atoms with Crippen LogP contribution < -0.4 is 9.92 Å². The summed E-state index contributed by atoms with van der Waals surface area (Å²) in [6.07, 6.45) is 15.2. The van der Waals surface area contributed by atoms with Crippen molar-refractivity contribution >= 4 is 19.2 Å². The van der Waals surface area contributed by atoms with Crippen molar-refractivity contribution in [1.29, 1.82) is 0 Å². The van der Waals surface area contributed by atoms with Gasteiger partial charge in [0.05, 0.1) is 27.4 Å². The average molecular weight is 577 g/mol. The molecule has 3 aromatic rings. The molecule has 41 heavy (non-hydrogen) atoms. The van der Waals surface area contributed by atoms with Crippen LogP contribution in [0.3, 0.4) is 0 Å². The van der Waals surface area contributed by atoms with Gasteiger partial charge < -0.3 is 9.64 Å². The minimum Gasteiger partial charge on any atom is -0.497 e. The molecule has 3 heterocycles. The normalized spacial score (nSPS) is 13.8. The van der Waals surface area contributed by atoms with Crippen LogP contribution in [-0.4, -0.2) is 57.5 Å². The first-order valence-electron chi connectivity index (χ1n) is 15.5. The van der Waals surface area contributed by atoms with Gasteiger partial charge in [-0.15, -0.1) is 5.10 Å². The molecule has 1 aliphatic heterocycles. The van der Waals surface area contributed by atoms with Crippen molar-refractivity contribution in [2.24, 2.45) is 0 Å². The van der Waals surface area contributed by atoms with E-state index in [1.807, 2.05) is 17.0 Å². The van der Waals surface area contributed by atoms with E-state index in [0.717, 1.165) is 22.7 Å². The van der Waals surface area contributed by atoms with Crippen molar-refractivity contribution in [3.8, 4) is 11.7 Å². The van der Waals surface area contributed by atoms with Crippen LogP contribution in [0.15, 0.2) is 36.7 Å². The number of aromatic nitrogens is 5. The van der Waals surface area contributed by atoms with Crippen LogP contribution in [0.1, 0.15) is 100 Å². The molecule has 0 spiro atoms. The van der Waals surface area contributed by atoms with E-state index in [1.165, 1.54) is 63.0 Å². The zero-order chi connectivity index (χ0) is 29.5. The lowest BCUT2D eigenvalue weighted by molar-refractivity contribution is 0.0731. The molecule has 0 fully saturated rings. The lowest BCUT2D eigenvalue weighted by Crippen LogP contribution is -2.54. The number of unbranched alkanes of at least 4 members (excludes halogenated alkanes) is 3. The summed E-state index contributed by atoms with van der Waals surface area (Å²) < 4.78 is 7.68. The molecule has 0 atom stereocenters. The second kappa shape index (κ2) is 13.7. The number of rotatable bonds is 14. The van der Waals surface area contributed by atoms with Gasteiger partial charge in [0.15, 0.2) is 0 Å². The van der Waals surface area contributed by atoms with E-state index in [-0.39, 0.29) is 10.9 Å². The molecule has 0 N–H and O–H groups in total. The zero-order valence-electron chi connectivity index (χ0n) is 25.9. The number of fused-ring (bicyclic) bond motifs is 1. The summed E-state index contributed by atoms with van der Waals surface area (Å²) in [5.41, 5.74) is 2.51. The first kappa shape index (κ1) is 30.9. The Hall–Kier alpha value is -3.07. The topological polar surface area (TPSA) is 86.0 Å². The van der Waals surface area contributed by atoms with Gasteiger partial charge in [-0.25, -0.2) is 9.97 Å². The quantitative estimate of drug-likeness (QED) is 0.204. The van der Waals surface area contributed by atoms with Crippen LogP contribution in [0.5, 0.6) is 5.75 Å². The molecule has 0 saturated carbocycles. The predicted molar refractivity (Wildman–Crippen MR) is 167 cm³/mol. The van der Waals surface area contributed by atoms with Gasteiger partial charge in [-0.3, -0.25) is 4.79 Å². The fourth-order valence-corrected chi connectivity index (χ4v) is 10.9. The number of carbonyl (C=O) groups excluding carboxylic acids is 1. The maximum atomic E-state index is 14.0. The number of ether oxygens (including phenoxy) is 1. The Morgan fingerprint density at radius 1 is 1.00 bits per heavy atom. The fourth-order valence-electron chi connectivity index (χ4n) is 6.60. The van der Waals surface area contributed by atoms with Gasteiger partial charge in [0.2, 0.25) is 0 Å². The van der Waals surface area contributed by atoms with Crippen LogP contribution in [0.4, 0.5) is 0 Å². The Morgan fingerprint density at radius 2 is 1.63 bits per heavy atom. The third-order valence-corrected chi connectivity index (χ3v) is 14.4. The number of amides is 1. The van der Waals surface area contributed by atoms with Gasteiger partial charge in [0, 0.05) is 30.9 Å². The van der Waals surface area contributed by atoms with E-state index in [4.69, 9.17) is 4.74 Å². The third-order valence-electron chi connectivity index (χ3n) is 9.30. The molecule has 4 rings (SSSR count). The molecule has 0 bridgehead atoms. The number of nitrogens with zero attached hydrogens (tertiary/aromatic N) is 6. The van der Waals surface area contributed by atoms with Crippen LogP contribution in [-0.2, 0) is 13.0 Å². The van der Waals surface area contributed by atoms with Gasteiger partial charge in [-0.05, 0) is 53.8 Å². The molecule has 2 aromatic heterocycles. The number of hydrogen-bond donors (Lipinski definition) is 0. The van der Waals surface area contributed by atoms with Crippen LogP contribution >= 0.6 is 0 Å². The smallest absolute Gasteiger partial charge is 0.254 e. The molecule has 9 heteroatoms. The maximum Gasteiger partial charge on any atom is 0.254 e. The van der Waals surface area contributed by atoms with Crippen LogP contribution in [0.25, 0.3) is 5.95 Å². The Bertz CT molecular complexity index is 1270. The molecule has 8 nitrogen and oxygen atoms in total. The Morgan fingerprint density at radius 3 is 2.22 bits per heavy atom. The summed E-state index contributed by atoms with van der Waals surface area (Å²) in [5.74, 6) is 1.47. The summed E-state index contributed by atoms with van der Waals surface area (Å²) in [5, 5.41) is 10.2. The summed E-state index contributed by atoms with van der Waals surface area (Å²) >= 11 is 0. The minimum atomic E-state index is -2.09. The van der Waals surface area contributed by atoms with Crippen molar-refractivity contribution < 1.29 is 9.53 Å². The highest BCUT2D eigenvalue weighted by Crippen LogP contribution is 2.52. The molecule has 1 amide bonds. The maximum absolute atomic E-state index is 14.0. The minimum absolute atomic E-state index is 0.0381. The lowest BCUT2D eigenvalue weighted by atomic mass is 9.89. The molecular formula is C32H48N6O2Si. The SMILES string of the molecule is CCCCC(CCCC)(CCCC)[Si](C)(C)c1cc(C(=O)N2CCc3c(nnn3-c3ncccn3)C2)ccc1OC. The van der Waals surface area contributed by atoms with E-state index in [2.05, 4.69) is 60.2 Å². The van der Waals surface area contributed by atoms with E-state index in [1.54, 1.807) is 30.3 Å². The molecule has 222 valence electrons. The molecule has 0 saturated heterocycles.